The van der Waals surface area contributed by atoms with Gasteiger partial charge < -0.3 is 10.4 Å². The van der Waals surface area contributed by atoms with Crippen molar-refractivity contribution in [2.24, 2.45) is 5.92 Å². The van der Waals surface area contributed by atoms with Crippen molar-refractivity contribution in [2.45, 2.75) is 31.8 Å². The third kappa shape index (κ3) is 2.47. The Morgan fingerprint density at radius 1 is 1.42 bits per heavy atom. The van der Waals surface area contributed by atoms with Gasteiger partial charge in [0.25, 0.3) is 0 Å². The van der Waals surface area contributed by atoms with Crippen molar-refractivity contribution in [3.8, 4) is 5.75 Å². The number of rotatable bonds is 2. The predicted molar refractivity (Wildman–Crippen MR) is 72.6 cm³/mol. The first-order valence-electron chi connectivity index (χ1n) is 7.11. The third-order valence-electron chi connectivity index (χ3n) is 4.62. The van der Waals surface area contributed by atoms with E-state index in [1.165, 1.54) is 25.0 Å². The van der Waals surface area contributed by atoms with E-state index in [9.17, 15) is 9.50 Å². The molecule has 2 aliphatic rings. The van der Waals surface area contributed by atoms with Crippen LogP contribution < -0.4 is 5.32 Å². The Bertz CT molecular complexity index is 451. The molecule has 3 nitrogen and oxygen atoms in total. The fraction of sp³-hybridized carbons (Fsp3) is 0.600. The molecule has 2 aliphatic heterocycles. The Kier molecular flexibility index (Phi) is 3.46. The van der Waals surface area contributed by atoms with E-state index in [0.29, 0.717) is 6.04 Å². The van der Waals surface area contributed by atoms with Gasteiger partial charge in [0.05, 0.1) is 0 Å². The quantitative estimate of drug-likeness (QED) is 0.860. The molecule has 0 aliphatic carbocycles. The van der Waals surface area contributed by atoms with E-state index < -0.39 is 0 Å². The lowest BCUT2D eigenvalue weighted by atomic mass is 9.94. The Labute approximate surface area is 113 Å². The molecule has 3 rings (SSSR count). The van der Waals surface area contributed by atoms with Crippen molar-refractivity contribution in [1.29, 1.82) is 0 Å². The standard InChI is InChI=1S/C15H21FN2O/c1-10(13-5-4-12(16)7-15(13)19)18-8-11-3-2-6-17-14(11)9-18/h4-5,7,10-11,14,17,19H,2-3,6,8-9H2,1H3/t10?,11-,14+/m0/s1. The molecule has 2 saturated heterocycles. The Morgan fingerprint density at radius 3 is 3.00 bits per heavy atom. The van der Waals surface area contributed by atoms with Gasteiger partial charge in [0, 0.05) is 36.8 Å². The van der Waals surface area contributed by atoms with Gasteiger partial charge in [0.1, 0.15) is 11.6 Å². The highest BCUT2D eigenvalue weighted by Gasteiger charge is 2.36. The summed E-state index contributed by atoms with van der Waals surface area (Å²) in [5.74, 6) is 0.402. The topological polar surface area (TPSA) is 35.5 Å². The number of hydrogen-bond donors (Lipinski definition) is 2. The Morgan fingerprint density at radius 2 is 2.26 bits per heavy atom. The molecule has 2 N–H and O–H groups in total. The molecule has 1 unspecified atom stereocenters. The van der Waals surface area contributed by atoms with E-state index in [-0.39, 0.29) is 17.6 Å². The summed E-state index contributed by atoms with van der Waals surface area (Å²) in [6, 6.07) is 5.04. The Balaban J connectivity index is 1.75. The maximum Gasteiger partial charge on any atom is 0.126 e. The summed E-state index contributed by atoms with van der Waals surface area (Å²) in [7, 11) is 0. The van der Waals surface area contributed by atoms with Gasteiger partial charge in [-0.15, -0.1) is 0 Å². The maximum atomic E-state index is 13.0. The molecule has 0 spiro atoms. The summed E-state index contributed by atoms with van der Waals surface area (Å²) in [5, 5.41) is 13.5. The van der Waals surface area contributed by atoms with Gasteiger partial charge in [-0.1, -0.05) is 6.07 Å². The van der Waals surface area contributed by atoms with Crippen LogP contribution in [0.15, 0.2) is 18.2 Å². The second-order valence-electron chi connectivity index (χ2n) is 5.80. The number of piperidine rings is 1. The van der Waals surface area contributed by atoms with Crippen molar-refractivity contribution in [2.75, 3.05) is 19.6 Å². The van der Waals surface area contributed by atoms with Crippen LogP contribution in [-0.2, 0) is 0 Å². The monoisotopic (exact) mass is 264 g/mol. The fourth-order valence-electron chi connectivity index (χ4n) is 3.46. The molecule has 2 fully saturated rings. The molecule has 2 heterocycles. The first-order chi connectivity index (χ1) is 9.15. The number of fused-ring (bicyclic) bond motifs is 1. The van der Waals surface area contributed by atoms with Crippen molar-refractivity contribution in [1.82, 2.24) is 10.2 Å². The lowest BCUT2D eigenvalue weighted by Crippen LogP contribution is -2.40. The number of likely N-dealkylation sites (tertiary alicyclic amines) is 1. The number of nitrogens with zero attached hydrogens (tertiary/aromatic N) is 1. The number of phenolic OH excluding ortho intramolecular Hbond substituents is 1. The Hall–Kier alpha value is -1.13. The molecule has 19 heavy (non-hydrogen) atoms. The zero-order chi connectivity index (χ0) is 13.4. The van der Waals surface area contributed by atoms with Gasteiger partial charge in [-0.05, 0) is 38.3 Å². The fourth-order valence-corrected chi connectivity index (χ4v) is 3.46. The molecular formula is C15H21FN2O. The number of hydrogen-bond acceptors (Lipinski definition) is 3. The largest absolute Gasteiger partial charge is 0.508 e. The van der Waals surface area contributed by atoms with E-state index in [1.807, 2.05) is 0 Å². The molecular weight excluding hydrogens is 243 g/mol. The first kappa shape index (κ1) is 12.9. The maximum absolute atomic E-state index is 13.0. The third-order valence-corrected chi connectivity index (χ3v) is 4.62. The van der Waals surface area contributed by atoms with Gasteiger partial charge in [0.2, 0.25) is 0 Å². The number of aromatic hydroxyl groups is 1. The summed E-state index contributed by atoms with van der Waals surface area (Å²) < 4.78 is 13.0. The predicted octanol–water partition coefficient (Wildman–Crippen LogP) is 2.28. The van der Waals surface area contributed by atoms with Crippen LogP contribution in [0.1, 0.15) is 31.4 Å². The average molecular weight is 264 g/mol. The molecule has 0 saturated carbocycles. The highest BCUT2D eigenvalue weighted by molar-refractivity contribution is 5.35. The molecule has 104 valence electrons. The molecule has 0 bridgehead atoms. The van der Waals surface area contributed by atoms with Gasteiger partial charge in [0.15, 0.2) is 0 Å². The molecule has 4 heteroatoms. The molecule has 3 atom stereocenters. The van der Waals surface area contributed by atoms with Gasteiger partial charge >= 0.3 is 0 Å². The second kappa shape index (κ2) is 5.10. The molecule has 0 aromatic heterocycles. The van der Waals surface area contributed by atoms with E-state index in [1.54, 1.807) is 6.07 Å². The lowest BCUT2D eigenvalue weighted by molar-refractivity contribution is 0.246. The summed E-state index contributed by atoms with van der Waals surface area (Å²) in [5.41, 5.74) is 0.819. The van der Waals surface area contributed by atoms with Crippen LogP contribution in [0.2, 0.25) is 0 Å². The summed E-state index contributed by atoms with van der Waals surface area (Å²) >= 11 is 0. The number of phenols is 1. The molecule has 0 amide bonds. The molecule has 0 radical (unpaired) electrons. The zero-order valence-corrected chi connectivity index (χ0v) is 11.3. The van der Waals surface area contributed by atoms with Crippen molar-refractivity contribution in [3.63, 3.8) is 0 Å². The van der Waals surface area contributed by atoms with Crippen molar-refractivity contribution < 1.29 is 9.50 Å². The van der Waals surface area contributed by atoms with E-state index >= 15 is 0 Å². The summed E-state index contributed by atoms with van der Waals surface area (Å²) in [6.45, 7) is 5.29. The summed E-state index contributed by atoms with van der Waals surface area (Å²) in [4.78, 5) is 2.39. The number of nitrogens with one attached hydrogen (secondary N) is 1. The zero-order valence-electron chi connectivity index (χ0n) is 11.3. The molecule has 1 aromatic carbocycles. The second-order valence-corrected chi connectivity index (χ2v) is 5.80. The van der Waals surface area contributed by atoms with E-state index in [2.05, 4.69) is 17.1 Å². The summed E-state index contributed by atoms with van der Waals surface area (Å²) in [6.07, 6.45) is 2.54. The van der Waals surface area contributed by atoms with Gasteiger partial charge in [-0.2, -0.15) is 0 Å². The van der Waals surface area contributed by atoms with Crippen LogP contribution in [0, 0.1) is 11.7 Å². The van der Waals surface area contributed by atoms with Crippen LogP contribution in [0.4, 0.5) is 4.39 Å². The van der Waals surface area contributed by atoms with E-state index in [0.717, 1.165) is 31.1 Å². The van der Waals surface area contributed by atoms with Gasteiger partial charge in [-0.25, -0.2) is 4.39 Å². The minimum absolute atomic E-state index is 0.0651. The van der Waals surface area contributed by atoms with Crippen molar-refractivity contribution in [3.05, 3.63) is 29.6 Å². The van der Waals surface area contributed by atoms with Gasteiger partial charge in [-0.3, -0.25) is 4.90 Å². The number of benzene rings is 1. The number of halogens is 1. The van der Waals surface area contributed by atoms with Crippen LogP contribution in [0.3, 0.4) is 0 Å². The average Bonchev–Trinajstić information content (AvgIpc) is 2.81. The highest BCUT2D eigenvalue weighted by atomic mass is 19.1. The van der Waals surface area contributed by atoms with Crippen LogP contribution in [-0.4, -0.2) is 35.7 Å². The lowest BCUT2D eigenvalue weighted by Gasteiger charge is -2.25. The van der Waals surface area contributed by atoms with Crippen LogP contribution in [0.25, 0.3) is 0 Å². The normalized spacial score (nSPS) is 29.2. The SMILES string of the molecule is CC(c1ccc(F)cc1O)N1C[C@@H]2CCCN[C@@H]2C1. The van der Waals surface area contributed by atoms with Crippen LogP contribution >= 0.6 is 0 Å². The minimum atomic E-state index is -0.384. The minimum Gasteiger partial charge on any atom is -0.508 e. The van der Waals surface area contributed by atoms with Crippen LogP contribution in [0.5, 0.6) is 5.75 Å². The van der Waals surface area contributed by atoms with E-state index in [4.69, 9.17) is 0 Å². The smallest absolute Gasteiger partial charge is 0.126 e. The highest BCUT2D eigenvalue weighted by Crippen LogP contribution is 2.34. The van der Waals surface area contributed by atoms with Crippen molar-refractivity contribution >= 4 is 0 Å². The first-order valence-corrected chi connectivity index (χ1v) is 7.11. The molecule has 1 aromatic rings.